The molecular weight excluding hydrogens is 425 g/mol. The van der Waals surface area contributed by atoms with Gasteiger partial charge in [0.1, 0.15) is 11.9 Å². The maximum atomic E-state index is 13.6. The fourth-order valence-corrected chi connectivity index (χ4v) is 3.39. The lowest BCUT2D eigenvalue weighted by Crippen LogP contribution is -2.30. The van der Waals surface area contributed by atoms with Gasteiger partial charge in [-0.1, -0.05) is 41.6 Å². The minimum absolute atomic E-state index is 0.202. The Morgan fingerprint density at radius 3 is 2.52 bits per heavy atom. The summed E-state index contributed by atoms with van der Waals surface area (Å²) in [6.07, 6.45) is 0.412. The molecule has 4 rings (SSSR count). The number of benzene rings is 3. The van der Waals surface area contributed by atoms with Crippen LogP contribution in [0.4, 0.5) is 4.39 Å². The summed E-state index contributed by atoms with van der Waals surface area (Å²) < 4.78 is 29.7. The van der Waals surface area contributed by atoms with Crippen LogP contribution in [-0.4, -0.2) is 30.3 Å². The molecule has 8 heteroatoms. The monoisotopic (exact) mass is 447 g/mol. The van der Waals surface area contributed by atoms with Crippen LogP contribution in [0.25, 0.3) is 11.4 Å². The highest BCUT2D eigenvalue weighted by Crippen LogP contribution is 2.31. The first-order chi connectivity index (χ1) is 16.1. The molecule has 168 valence electrons. The maximum Gasteiger partial charge on any atom is 0.252 e. The molecule has 0 bridgehead atoms. The van der Waals surface area contributed by atoms with Crippen molar-refractivity contribution in [2.75, 3.05) is 14.2 Å². The number of nitrogens with zero attached hydrogens (tertiary/aromatic N) is 2. The average molecular weight is 447 g/mol. The molecule has 0 spiro atoms. The molecule has 33 heavy (non-hydrogen) atoms. The molecular formula is C25H22FN3O4. The molecule has 0 fully saturated rings. The van der Waals surface area contributed by atoms with Crippen LogP contribution < -0.4 is 14.8 Å². The highest BCUT2D eigenvalue weighted by Gasteiger charge is 2.23. The fourth-order valence-electron chi connectivity index (χ4n) is 3.39. The SMILES string of the molecule is COc1ccc(-c2noc(C(Cc3ccccc3)NC(=O)c3cccc(F)c3)n2)cc1OC. The Kier molecular flexibility index (Phi) is 6.64. The molecule has 1 heterocycles. The normalized spacial score (nSPS) is 11.6. The number of aromatic nitrogens is 2. The third-order valence-corrected chi connectivity index (χ3v) is 5.06. The van der Waals surface area contributed by atoms with Crippen LogP contribution in [0, 0.1) is 5.82 Å². The van der Waals surface area contributed by atoms with Crippen molar-refractivity contribution in [1.29, 1.82) is 0 Å². The molecule has 1 amide bonds. The lowest BCUT2D eigenvalue weighted by atomic mass is 10.1. The summed E-state index contributed by atoms with van der Waals surface area (Å²) in [7, 11) is 3.10. The van der Waals surface area contributed by atoms with Crippen molar-refractivity contribution >= 4 is 5.91 Å². The van der Waals surface area contributed by atoms with Gasteiger partial charge in [0.15, 0.2) is 11.5 Å². The lowest BCUT2D eigenvalue weighted by Gasteiger charge is -2.15. The van der Waals surface area contributed by atoms with Gasteiger partial charge in [-0.15, -0.1) is 0 Å². The summed E-state index contributed by atoms with van der Waals surface area (Å²) in [4.78, 5) is 17.3. The molecule has 0 saturated heterocycles. The number of carbonyl (C=O) groups excluding carboxylic acids is 1. The van der Waals surface area contributed by atoms with Crippen molar-refractivity contribution in [3.8, 4) is 22.9 Å². The Bertz CT molecular complexity index is 1240. The Morgan fingerprint density at radius 1 is 1.00 bits per heavy atom. The van der Waals surface area contributed by atoms with Gasteiger partial charge in [0.2, 0.25) is 11.7 Å². The molecule has 0 aliphatic carbocycles. The third-order valence-electron chi connectivity index (χ3n) is 5.06. The second-order valence-corrected chi connectivity index (χ2v) is 7.25. The van der Waals surface area contributed by atoms with Crippen LogP contribution >= 0.6 is 0 Å². The quantitative estimate of drug-likeness (QED) is 0.425. The largest absolute Gasteiger partial charge is 0.493 e. The number of ether oxygens (including phenoxy) is 2. The predicted molar refractivity (Wildman–Crippen MR) is 120 cm³/mol. The molecule has 1 N–H and O–H groups in total. The Balaban J connectivity index is 1.63. The van der Waals surface area contributed by atoms with E-state index in [0.29, 0.717) is 29.3 Å². The van der Waals surface area contributed by atoms with E-state index in [1.54, 1.807) is 38.5 Å². The molecule has 1 atom stereocenters. The Labute approximate surface area is 190 Å². The number of rotatable bonds is 8. The van der Waals surface area contributed by atoms with Gasteiger partial charge in [-0.05, 0) is 42.0 Å². The van der Waals surface area contributed by atoms with Crippen molar-refractivity contribution in [2.24, 2.45) is 0 Å². The van der Waals surface area contributed by atoms with Crippen LogP contribution in [-0.2, 0) is 6.42 Å². The van der Waals surface area contributed by atoms with Crippen LogP contribution in [0.3, 0.4) is 0 Å². The van der Waals surface area contributed by atoms with Crippen molar-refractivity contribution in [1.82, 2.24) is 15.5 Å². The first-order valence-electron chi connectivity index (χ1n) is 10.2. The first-order valence-corrected chi connectivity index (χ1v) is 10.2. The smallest absolute Gasteiger partial charge is 0.252 e. The van der Waals surface area contributed by atoms with Crippen molar-refractivity contribution in [3.63, 3.8) is 0 Å². The first kappa shape index (κ1) is 22.0. The van der Waals surface area contributed by atoms with Crippen molar-refractivity contribution in [3.05, 3.63) is 95.6 Å². The summed E-state index contributed by atoms with van der Waals surface area (Å²) in [6, 6.07) is 19.7. The van der Waals surface area contributed by atoms with Crippen LogP contribution in [0.15, 0.2) is 77.3 Å². The molecule has 0 saturated carbocycles. The number of halogens is 1. The second kappa shape index (κ2) is 9.95. The number of carbonyl (C=O) groups is 1. The number of nitrogens with one attached hydrogen (secondary N) is 1. The average Bonchev–Trinajstić information content (AvgIpc) is 3.34. The second-order valence-electron chi connectivity index (χ2n) is 7.25. The summed E-state index contributed by atoms with van der Waals surface area (Å²) >= 11 is 0. The molecule has 0 aliphatic heterocycles. The van der Waals surface area contributed by atoms with Gasteiger partial charge in [0, 0.05) is 17.5 Å². The number of amides is 1. The number of hydrogen-bond acceptors (Lipinski definition) is 6. The molecule has 0 aliphatic rings. The van der Waals surface area contributed by atoms with E-state index in [1.807, 2.05) is 30.3 Å². The summed E-state index contributed by atoms with van der Waals surface area (Å²) in [5.74, 6) is 0.741. The molecule has 4 aromatic rings. The Morgan fingerprint density at radius 2 is 1.79 bits per heavy atom. The molecule has 3 aromatic carbocycles. The van der Waals surface area contributed by atoms with Crippen molar-refractivity contribution < 1.29 is 23.2 Å². The van der Waals surface area contributed by atoms with E-state index < -0.39 is 17.8 Å². The summed E-state index contributed by atoms with van der Waals surface area (Å²) in [5, 5.41) is 6.96. The van der Waals surface area contributed by atoms with Crippen LogP contribution in [0.5, 0.6) is 11.5 Å². The minimum Gasteiger partial charge on any atom is -0.493 e. The zero-order valence-corrected chi connectivity index (χ0v) is 18.1. The Hall–Kier alpha value is -4.20. The highest BCUT2D eigenvalue weighted by atomic mass is 19.1. The fraction of sp³-hybridized carbons (Fsp3) is 0.160. The van der Waals surface area contributed by atoms with E-state index in [9.17, 15) is 9.18 Å². The molecule has 7 nitrogen and oxygen atoms in total. The standard InChI is InChI=1S/C25H22FN3O4/c1-31-21-12-11-17(15-22(21)32-2)23-28-25(33-29-23)20(13-16-7-4-3-5-8-16)27-24(30)18-9-6-10-19(26)14-18/h3-12,14-15,20H,13H2,1-2H3,(H,27,30). The summed E-state index contributed by atoms with van der Waals surface area (Å²) in [5.41, 5.74) is 1.83. The van der Waals surface area contributed by atoms with Gasteiger partial charge < -0.3 is 19.3 Å². The van der Waals surface area contributed by atoms with Gasteiger partial charge in [0.05, 0.1) is 14.2 Å². The topological polar surface area (TPSA) is 86.5 Å². The molecule has 1 unspecified atom stereocenters. The van der Waals surface area contributed by atoms with Gasteiger partial charge in [-0.2, -0.15) is 4.98 Å². The zero-order valence-electron chi connectivity index (χ0n) is 18.1. The maximum absolute atomic E-state index is 13.6. The highest BCUT2D eigenvalue weighted by molar-refractivity contribution is 5.94. The summed E-state index contributed by atoms with van der Waals surface area (Å²) in [6.45, 7) is 0. The minimum atomic E-state index is -0.621. The van der Waals surface area contributed by atoms with E-state index in [2.05, 4.69) is 15.5 Å². The van der Waals surface area contributed by atoms with E-state index >= 15 is 0 Å². The van der Waals surface area contributed by atoms with Crippen molar-refractivity contribution in [2.45, 2.75) is 12.5 Å². The van der Waals surface area contributed by atoms with Crippen LogP contribution in [0.2, 0.25) is 0 Å². The van der Waals surface area contributed by atoms with Gasteiger partial charge >= 0.3 is 0 Å². The van der Waals surface area contributed by atoms with Crippen LogP contribution in [0.1, 0.15) is 27.9 Å². The van der Waals surface area contributed by atoms with E-state index in [1.165, 1.54) is 18.2 Å². The number of methoxy groups -OCH3 is 2. The number of hydrogen-bond donors (Lipinski definition) is 1. The zero-order chi connectivity index (χ0) is 23.2. The molecule has 0 radical (unpaired) electrons. The lowest BCUT2D eigenvalue weighted by molar-refractivity contribution is 0.0927. The van der Waals surface area contributed by atoms with E-state index in [0.717, 1.165) is 5.56 Å². The van der Waals surface area contributed by atoms with E-state index in [-0.39, 0.29) is 11.5 Å². The third kappa shape index (κ3) is 5.17. The van der Waals surface area contributed by atoms with Gasteiger partial charge in [-0.25, -0.2) is 4.39 Å². The van der Waals surface area contributed by atoms with E-state index in [4.69, 9.17) is 14.0 Å². The predicted octanol–water partition coefficient (Wildman–Crippen LogP) is 4.61. The van der Waals surface area contributed by atoms with Gasteiger partial charge in [-0.3, -0.25) is 4.79 Å². The molecule has 1 aromatic heterocycles. The van der Waals surface area contributed by atoms with Gasteiger partial charge in [0.25, 0.3) is 5.91 Å².